The van der Waals surface area contributed by atoms with Gasteiger partial charge in [0.1, 0.15) is 16.4 Å². The zero-order valence-corrected chi connectivity index (χ0v) is 14.9. The van der Waals surface area contributed by atoms with E-state index in [-0.39, 0.29) is 23.1 Å². The summed E-state index contributed by atoms with van der Waals surface area (Å²) in [6, 6.07) is 4.31. The number of ether oxygens (including phenoxy) is 2. The molecule has 0 saturated carbocycles. The van der Waals surface area contributed by atoms with Crippen molar-refractivity contribution in [1.29, 1.82) is 0 Å². The Kier molecular flexibility index (Phi) is 6.21. The third-order valence-corrected chi connectivity index (χ3v) is 5.33. The van der Waals surface area contributed by atoms with Crippen molar-refractivity contribution in [3.63, 3.8) is 0 Å². The molecule has 1 N–H and O–H groups in total. The fourth-order valence-electron chi connectivity index (χ4n) is 2.42. The number of piperazine rings is 1. The van der Waals surface area contributed by atoms with E-state index in [1.54, 1.807) is 4.90 Å². The van der Waals surface area contributed by atoms with Crippen molar-refractivity contribution in [2.24, 2.45) is 0 Å². The summed E-state index contributed by atoms with van der Waals surface area (Å²) in [6.45, 7) is 1.28. The van der Waals surface area contributed by atoms with Gasteiger partial charge in [0.05, 0.1) is 20.8 Å². The first kappa shape index (κ1) is 19.0. The number of carbonyl (C=O) groups is 2. The fourth-order valence-corrected chi connectivity index (χ4v) is 3.54. The lowest BCUT2D eigenvalue weighted by Gasteiger charge is -2.32. The predicted molar refractivity (Wildman–Crippen MR) is 89.0 cm³/mol. The summed E-state index contributed by atoms with van der Waals surface area (Å²) in [5.74, 6) is 0.237. The monoisotopic (exact) mass is 371 g/mol. The van der Waals surface area contributed by atoms with Gasteiger partial charge in [0.25, 0.3) is 0 Å². The predicted octanol–water partition coefficient (Wildman–Crippen LogP) is -0.717. The van der Waals surface area contributed by atoms with Gasteiger partial charge in [-0.05, 0) is 12.1 Å². The molecule has 25 heavy (non-hydrogen) atoms. The Labute approximate surface area is 146 Å². The lowest BCUT2D eigenvalue weighted by molar-refractivity contribution is -0.134. The molecule has 10 heteroatoms. The van der Waals surface area contributed by atoms with Crippen molar-refractivity contribution in [3.05, 3.63) is 18.2 Å². The lowest BCUT2D eigenvalue weighted by Crippen LogP contribution is -2.50. The first-order chi connectivity index (χ1) is 11.9. The average molecular weight is 371 g/mol. The Morgan fingerprint density at radius 1 is 1.20 bits per heavy atom. The molecule has 0 spiro atoms. The summed E-state index contributed by atoms with van der Waals surface area (Å²) in [6.07, 6.45) is 0.737. The van der Waals surface area contributed by atoms with E-state index in [2.05, 4.69) is 4.72 Å². The zero-order chi connectivity index (χ0) is 18.4. The third-order valence-electron chi connectivity index (χ3n) is 3.89. The van der Waals surface area contributed by atoms with E-state index in [0.29, 0.717) is 31.9 Å². The molecule has 1 saturated heterocycles. The second-order valence-electron chi connectivity index (χ2n) is 5.36. The normalized spacial score (nSPS) is 15.0. The number of nitrogens with zero attached hydrogens (tertiary/aromatic N) is 2. The maximum atomic E-state index is 12.4. The summed E-state index contributed by atoms with van der Waals surface area (Å²) in [5.41, 5.74) is 0. The molecule has 138 valence electrons. The van der Waals surface area contributed by atoms with Crippen molar-refractivity contribution >= 4 is 22.3 Å². The SMILES string of the molecule is COc1ccc(S(=O)(=O)NCC(=O)N2CCN(C=O)CC2)c(OC)c1. The van der Waals surface area contributed by atoms with Gasteiger partial charge in [0, 0.05) is 32.2 Å². The highest BCUT2D eigenvalue weighted by Gasteiger charge is 2.24. The number of sulfonamides is 1. The highest BCUT2D eigenvalue weighted by molar-refractivity contribution is 7.89. The molecule has 1 aromatic carbocycles. The molecule has 0 unspecified atom stereocenters. The quantitative estimate of drug-likeness (QED) is 0.635. The van der Waals surface area contributed by atoms with Crippen LogP contribution < -0.4 is 14.2 Å². The van der Waals surface area contributed by atoms with Crippen LogP contribution in [-0.2, 0) is 19.6 Å². The van der Waals surface area contributed by atoms with Gasteiger partial charge in [-0.25, -0.2) is 13.1 Å². The number of nitrogens with one attached hydrogen (secondary N) is 1. The standard InChI is InChI=1S/C15H21N3O6S/c1-23-12-3-4-14(13(9-12)24-2)25(21,22)16-10-15(20)18-7-5-17(11-19)6-8-18/h3-4,9,11,16H,5-8,10H2,1-2H3. The first-order valence-electron chi connectivity index (χ1n) is 7.60. The third kappa shape index (κ3) is 4.60. The summed E-state index contributed by atoms with van der Waals surface area (Å²) in [4.78, 5) is 25.8. The minimum Gasteiger partial charge on any atom is -0.497 e. The lowest BCUT2D eigenvalue weighted by atomic mass is 10.3. The molecule has 0 aliphatic carbocycles. The molecule has 0 radical (unpaired) electrons. The van der Waals surface area contributed by atoms with Gasteiger partial charge in [0.15, 0.2) is 0 Å². The molecule has 0 atom stereocenters. The largest absolute Gasteiger partial charge is 0.497 e. The molecule has 1 aliphatic rings. The maximum Gasteiger partial charge on any atom is 0.244 e. The van der Waals surface area contributed by atoms with Gasteiger partial charge in [-0.2, -0.15) is 0 Å². The van der Waals surface area contributed by atoms with Crippen LogP contribution >= 0.6 is 0 Å². The van der Waals surface area contributed by atoms with Gasteiger partial charge >= 0.3 is 0 Å². The summed E-state index contributed by atoms with van der Waals surface area (Å²) in [7, 11) is -1.11. The highest BCUT2D eigenvalue weighted by Crippen LogP contribution is 2.28. The van der Waals surface area contributed by atoms with Gasteiger partial charge in [0.2, 0.25) is 22.3 Å². The van der Waals surface area contributed by atoms with E-state index in [1.165, 1.54) is 37.3 Å². The van der Waals surface area contributed by atoms with Crippen molar-refractivity contribution in [2.75, 3.05) is 46.9 Å². The Balaban J connectivity index is 2.02. The summed E-state index contributed by atoms with van der Waals surface area (Å²) >= 11 is 0. The Hall–Kier alpha value is -2.33. The molecule has 0 bridgehead atoms. The van der Waals surface area contributed by atoms with Crippen LogP contribution in [0, 0.1) is 0 Å². The molecule has 1 aromatic rings. The van der Waals surface area contributed by atoms with Crippen molar-refractivity contribution in [3.8, 4) is 11.5 Å². The molecule has 1 heterocycles. The molecule has 1 fully saturated rings. The minimum atomic E-state index is -3.92. The van der Waals surface area contributed by atoms with Crippen LogP contribution in [0.5, 0.6) is 11.5 Å². The number of methoxy groups -OCH3 is 2. The van der Waals surface area contributed by atoms with Crippen molar-refractivity contribution in [1.82, 2.24) is 14.5 Å². The highest BCUT2D eigenvalue weighted by atomic mass is 32.2. The Morgan fingerprint density at radius 3 is 2.44 bits per heavy atom. The Morgan fingerprint density at radius 2 is 1.88 bits per heavy atom. The van der Waals surface area contributed by atoms with Gasteiger partial charge in [-0.1, -0.05) is 0 Å². The number of rotatable bonds is 7. The van der Waals surface area contributed by atoms with E-state index in [4.69, 9.17) is 9.47 Å². The van der Waals surface area contributed by atoms with Crippen LogP contribution in [0.2, 0.25) is 0 Å². The molecular weight excluding hydrogens is 350 g/mol. The molecule has 2 amide bonds. The van der Waals surface area contributed by atoms with Gasteiger partial charge < -0.3 is 19.3 Å². The number of amides is 2. The number of carbonyl (C=O) groups excluding carboxylic acids is 2. The second kappa shape index (κ2) is 8.17. The molecule has 1 aliphatic heterocycles. The van der Waals surface area contributed by atoms with Crippen LogP contribution in [0.15, 0.2) is 23.1 Å². The number of benzene rings is 1. The van der Waals surface area contributed by atoms with Crippen LogP contribution in [0.3, 0.4) is 0 Å². The second-order valence-corrected chi connectivity index (χ2v) is 7.10. The van der Waals surface area contributed by atoms with Crippen LogP contribution in [0.1, 0.15) is 0 Å². The first-order valence-corrected chi connectivity index (χ1v) is 9.08. The number of hydrogen-bond acceptors (Lipinski definition) is 6. The van der Waals surface area contributed by atoms with E-state index in [9.17, 15) is 18.0 Å². The summed E-state index contributed by atoms with van der Waals surface area (Å²) < 4.78 is 37.3. The van der Waals surface area contributed by atoms with Crippen molar-refractivity contribution in [2.45, 2.75) is 4.90 Å². The minimum absolute atomic E-state index is 0.0747. The van der Waals surface area contributed by atoms with Gasteiger partial charge in [-0.3, -0.25) is 9.59 Å². The van der Waals surface area contributed by atoms with Crippen LogP contribution in [0.4, 0.5) is 0 Å². The molecular formula is C15H21N3O6S. The van der Waals surface area contributed by atoms with E-state index < -0.39 is 10.0 Å². The van der Waals surface area contributed by atoms with Gasteiger partial charge in [-0.15, -0.1) is 0 Å². The van der Waals surface area contributed by atoms with E-state index >= 15 is 0 Å². The average Bonchev–Trinajstić information content (AvgIpc) is 2.65. The molecule has 2 rings (SSSR count). The summed E-state index contributed by atoms with van der Waals surface area (Å²) in [5, 5.41) is 0. The van der Waals surface area contributed by atoms with Crippen LogP contribution in [0.25, 0.3) is 0 Å². The topological polar surface area (TPSA) is 105 Å². The van der Waals surface area contributed by atoms with E-state index in [1.807, 2.05) is 0 Å². The van der Waals surface area contributed by atoms with Crippen LogP contribution in [-0.4, -0.2) is 77.5 Å². The zero-order valence-electron chi connectivity index (χ0n) is 14.1. The van der Waals surface area contributed by atoms with Crippen molar-refractivity contribution < 1.29 is 27.5 Å². The number of hydrogen-bond donors (Lipinski definition) is 1. The maximum absolute atomic E-state index is 12.4. The molecule has 9 nitrogen and oxygen atoms in total. The molecule has 0 aromatic heterocycles. The fraction of sp³-hybridized carbons (Fsp3) is 0.467. The van der Waals surface area contributed by atoms with E-state index in [0.717, 1.165) is 6.41 Å². The Bertz CT molecular complexity index is 729. The smallest absolute Gasteiger partial charge is 0.244 e.